The predicted octanol–water partition coefficient (Wildman–Crippen LogP) is 3.60. The number of amides is 1. The third kappa shape index (κ3) is 4.58. The molecule has 1 amide bonds. The van der Waals surface area contributed by atoms with Crippen molar-refractivity contribution in [1.29, 1.82) is 0 Å². The van der Waals surface area contributed by atoms with Gasteiger partial charge in [0.1, 0.15) is 0 Å². The Kier molecular flexibility index (Phi) is 5.23. The van der Waals surface area contributed by atoms with Gasteiger partial charge in [-0.3, -0.25) is 9.59 Å². The van der Waals surface area contributed by atoms with Crippen LogP contribution in [0.5, 0.6) is 0 Å². The Bertz CT molecular complexity index is 712. The summed E-state index contributed by atoms with van der Waals surface area (Å²) in [4.78, 5) is 22.3. The van der Waals surface area contributed by atoms with Crippen LogP contribution < -0.4 is 5.32 Å². The van der Waals surface area contributed by atoms with Crippen molar-refractivity contribution in [3.63, 3.8) is 0 Å². The van der Waals surface area contributed by atoms with Gasteiger partial charge in [-0.15, -0.1) is 0 Å². The molecule has 126 valence electrons. The Morgan fingerprint density at radius 3 is 2.08 bits per heavy atom. The molecule has 2 aromatic rings. The maximum Gasteiger partial charge on any atom is 0.471 e. The fraction of sp³-hybridized carbons (Fsp3) is 0.176. The van der Waals surface area contributed by atoms with Gasteiger partial charge in [0.25, 0.3) is 0 Å². The second-order valence-corrected chi connectivity index (χ2v) is 5.15. The lowest BCUT2D eigenvalue weighted by Gasteiger charge is -2.13. The molecule has 0 saturated heterocycles. The summed E-state index contributed by atoms with van der Waals surface area (Å²) in [5, 5.41) is 11.1. The molecule has 2 rings (SSSR count). The fourth-order valence-corrected chi connectivity index (χ4v) is 2.19. The van der Waals surface area contributed by atoms with E-state index in [0.717, 1.165) is 0 Å². The number of carboxylic acids is 1. The molecule has 0 fully saturated rings. The van der Waals surface area contributed by atoms with Crippen molar-refractivity contribution in [1.82, 2.24) is 0 Å². The normalized spacial score (nSPS) is 12.5. The minimum Gasteiger partial charge on any atom is -0.481 e. The van der Waals surface area contributed by atoms with Gasteiger partial charge in [-0.1, -0.05) is 42.5 Å². The smallest absolute Gasteiger partial charge is 0.471 e. The van der Waals surface area contributed by atoms with E-state index in [1.54, 1.807) is 35.6 Å². The molecule has 0 aliphatic rings. The van der Waals surface area contributed by atoms with Crippen molar-refractivity contribution in [3.8, 4) is 0 Å². The number of hydrogen-bond acceptors (Lipinski definition) is 2. The van der Waals surface area contributed by atoms with Gasteiger partial charge in [-0.05, 0) is 29.7 Å². The van der Waals surface area contributed by atoms with Crippen LogP contribution in [-0.2, 0) is 16.0 Å². The lowest BCUT2D eigenvalue weighted by Crippen LogP contribution is -2.29. The van der Waals surface area contributed by atoms with Crippen LogP contribution in [0.4, 0.5) is 18.9 Å². The molecule has 2 N–H and O–H groups in total. The van der Waals surface area contributed by atoms with E-state index in [1.165, 1.54) is 24.3 Å². The van der Waals surface area contributed by atoms with Gasteiger partial charge in [0, 0.05) is 5.69 Å². The Morgan fingerprint density at radius 2 is 1.58 bits per heavy atom. The zero-order valence-corrected chi connectivity index (χ0v) is 12.4. The van der Waals surface area contributed by atoms with E-state index in [2.05, 4.69) is 0 Å². The zero-order valence-electron chi connectivity index (χ0n) is 12.4. The number of anilines is 1. The Morgan fingerprint density at radius 1 is 1.00 bits per heavy atom. The van der Waals surface area contributed by atoms with Gasteiger partial charge >= 0.3 is 18.1 Å². The zero-order chi connectivity index (χ0) is 17.7. The minimum absolute atomic E-state index is 0.00680. The third-order valence-electron chi connectivity index (χ3n) is 3.41. The van der Waals surface area contributed by atoms with Crippen molar-refractivity contribution in [3.05, 3.63) is 65.7 Å². The minimum atomic E-state index is -4.96. The van der Waals surface area contributed by atoms with E-state index in [9.17, 15) is 27.9 Å². The van der Waals surface area contributed by atoms with Gasteiger partial charge < -0.3 is 10.4 Å². The highest BCUT2D eigenvalue weighted by atomic mass is 19.4. The number of carbonyl (C=O) groups excluding carboxylic acids is 1. The first-order valence-corrected chi connectivity index (χ1v) is 7.02. The first-order chi connectivity index (χ1) is 11.3. The number of benzene rings is 2. The lowest BCUT2D eigenvalue weighted by molar-refractivity contribution is -0.167. The van der Waals surface area contributed by atoms with Gasteiger partial charge in [0.15, 0.2) is 0 Å². The van der Waals surface area contributed by atoms with Crippen LogP contribution in [0.1, 0.15) is 17.0 Å². The largest absolute Gasteiger partial charge is 0.481 e. The number of nitrogens with one attached hydrogen (secondary N) is 1. The topological polar surface area (TPSA) is 66.4 Å². The first kappa shape index (κ1) is 17.5. The highest BCUT2D eigenvalue weighted by Crippen LogP contribution is 2.23. The summed E-state index contributed by atoms with van der Waals surface area (Å²) < 4.78 is 36.6. The molecule has 1 atom stereocenters. The summed E-state index contributed by atoms with van der Waals surface area (Å²) in [6, 6.07) is 14.3. The summed E-state index contributed by atoms with van der Waals surface area (Å²) in [5.74, 6) is -3.81. The van der Waals surface area contributed by atoms with E-state index in [-0.39, 0.29) is 12.1 Å². The highest BCUT2D eigenvalue weighted by Gasteiger charge is 2.38. The molecule has 0 aliphatic heterocycles. The standard InChI is InChI=1S/C17H14F3NO3/c18-17(19,20)16(24)21-13-8-6-11(7-9-13)10-14(15(22)23)12-4-2-1-3-5-12/h1-9,14H,10H2,(H,21,24)(H,22,23). The molecule has 0 heterocycles. The second-order valence-electron chi connectivity index (χ2n) is 5.15. The van der Waals surface area contributed by atoms with Gasteiger partial charge in [0.05, 0.1) is 5.92 Å². The molecule has 24 heavy (non-hydrogen) atoms. The average Bonchev–Trinajstić information content (AvgIpc) is 2.53. The van der Waals surface area contributed by atoms with Crippen molar-refractivity contribution in [2.45, 2.75) is 18.5 Å². The molecule has 0 saturated carbocycles. The molecule has 0 aromatic heterocycles. The van der Waals surface area contributed by atoms with Crippen LogP contribution in [0.25, 0.3) is 0 Å². The number of aliphatic carboxylic acids is 1. The van der Waals surface area contributed by atoms with Gasteiger partial charge in [0.2, 0.25) is 0 Å². The number of hydrogen-bond donors (Lipinski definition) is 2. The van der Waals surface area contributed by atoms with Crippen LogP contribution in [-0.4, -0.2) is 23.2 Å². The molecule has 2 aromatic carbocycles. The number of halogens is 3. The molecule has 0 radical (unpaired) electrons. The Labute approximate surface area is 135 Å². The second kappa shape index (κ2) is 7.16. The Balaban J connectivity index is 2.10. The predicted molar refractivity (Wildman–Crippen MR) is 81.6 cm³/mol. The molecule has 1 unspecified atom stereocenters. The average molecular weight is 337 g/mol. The maximum absolute atomic E-state index is 12.2. The molecule has 0 aliphatic carbocycles. The summed E-state index contributed by atoms with van der Waals surface area (Å²) in [6.45, 7) is 0. The van der Waals surface area contributed by atoms with E-state index in [1.807, 2.05) is 0 Å². The quantitative estimate of drug-likeness (QED) is 0.876. The van der Waals surface area contributed by atoms with Crippen molar-refractivity contribution in [2.24, 2.45) is 0 Å². The van der Waals surface area contributed by atoms with E-state index >= 15 is 0 Å². The summed E-state index contributed by atoms with van der Waals surface area (Å²) in [7, 11) is 0. The van der Waals surface area contributed by atoms with Crippen molar-refractivity contribution >= 4 is 17.6 Å². The molecule has 0 bridgehead atoms. The summed E-state index contributed by atoms with van der Waals surface area (Å²) in [6.07, 6.45) is -4.77. The molecular formula is C17H14F3NO3. The van der Waals surface area contributed by atoms with Crippen LogP contribution in [0.15, 0.2) is 54.6 Å². The highest BCUT2D eigenvalue weighted by molar-refractivity contribution is 5.94. The number of alkyl halides is 3. The number of carbonyl (C=O) groups is 2. The molecule has 0 spiro atoms. The van der Waals surface area contributed by atoms with Crippen molar-refractivity contribution in [2.75, 3.05) is 5.32 Å². The van der Waals surface area contributed by atoms with Gasteiger partial charge in [-0.25, -0.2) is 0 Å². The first-order valence-electron chi connectivity index (χ1n) is 7.02. The molecule has 7 heteroatoms. The van der Waals surface area contributed by atoms with Crippen LogP contribution in [0.3, 0.4) is 0 Å². The van der Waals surface area contributed by atoms with Crippen LogP contribution >= 0.6 is 0 Å². The lowest BCUT2D eigenvalue weighted by atomic mass is 9.92. The third-order valence-corrected chi connectivity index (χ3v) is 3.41. The SMILES string of the molecule is O=C(O)C(Cc1ccc(NC(=O)C(F)(F)F)cc1)c1ccccc1. The molecular weight excluding hydrogens is 323 g/mol. The van der Waals surface area contributed by atoms with E-state index in [0.29, 0.717) is 11.1 Å². The maximum atomic E-state index is 12.2. The van der Waals surface area contributed by atoms with Crippen LogP contribution in [0, 0.1) is 0 Å². The molecule has 4 nitrogen and oxygen atoms in total. The van der Waals surface area contributed by atoms with Crippen molar-refractivity contribution < 1.29 is 27.9 Å². The summed E-state index contributed by atoms with van der Waals surface area (Å²) in [5.41, 5.74) is 1.27. The fourth-order valence-electron chi connectivity index (χ4n) is 2.19. The van der Waals surface area contributed by atoms with E-state index in [4.69, 9.17) is 0 Å². The monoisotopic (exact) mass is 337 g/mol. The Hall–Kier alpha value is -2.83. The van der Waals surface area contributed by atoms with Gasteiger partial charge in [-0.2, -0.15) is 13.2 Å². The van der Waals surface area contributed by atoms with E-state index < -0.39 is 24.0 Å². The van der Waals surface area contributed by atoms with Crippen LogP contribution in [0.2, 0.25) is 0 Å². The summed E-state index contributed by atoms with van der Waals surface area (Å²) >= 11 is 0. The number of carboxylic acid groups (broad SMARTS) is 1. The number of rotatable bonds is 5.